The summed E-state index contributed by atoms with van der Waals surface area (Å²) in [6, 6.07) is 9.86. The van der Waals surface area contributed by atoms with Crippen molar-refractivity contribution in [2.75, 3.05) is 26.1 Å². The number of rotatable bonds is 9. The van der Waals surface area contributed by atoms with Gasteiger partial charge < -0.3 is 9.47 Å². The van der Waals surface area contributed by atoms with Crippen molar-refractivity contribution in [2.45, 2.75) is 19.6 Å². The molecular formula is C13H20O5S. The van der Waals surface area contributed by atoms with Crippen LogP contribution in [0.1, 0.15) is 12.5 Å². The van der Waals surface area contributed by atoms with Gasteiger partial charge in [-0.05, 0) is 12.5 Å². The summed E-state index contributed by atoms with van der Waals surface area (Å²) in [7, 11) is -3.38. The molecule has 0 unspecified atom stereocenters. The van der Waals surface area contributed by atoms with Gasteiger partial charge >= 0.3 is 0 Å². The molecule has 1 rings (SSSR count). The molecule has 5 nitrogen and oxygen atoms in total. The highest BCUT2D eigenvalue weighted by atomic mass is 32.2. The van der Waals surface area contributed by atoms with Gasteiger partial charge in [0.15, 0.2) is 0 Å². The third-order valence-electron chi connectivity index (χ3n) is 2.25. The maximum Gasteiger partial charge on any atom is 0.264 e. The zero-order chi connectivity index (χ0) is 14.1. The van der Waals surface area contributed by atoms with Crippen LogP contribution in [0.4, 0.5) is 0 Å². The Bertz CT molecular complexity index is 443. The van der Waals surface area contributed by atoms with E-state index in [9.17, 15) is 8.42 Å². The first-order valence-electron chi connectivity index (χ1n) is 6.05. The molecule has 1 atom stereocenters. The largest absolute Gasteiger partial charge is 0.376 e. The van der Waals surface area contributed by atoms with E-state index in [1.54, 1.807) is 0 Å². The van der Waals surface area contributed by atoms with Gasteiger partial charge in [0.2, 0.25) is 0 Å². The SMILES string of the molecule is C[C@@H](COCCOS(C)(=O)=O)OCc1ccccc1. The lowest BCUT2D eigenvalue weighted by Crippen LogP contribution is -2.18. The van der Waals surface area contributed by atoms with Crippen molar-refractivity contribution >= 4 is 10.1 Å². The average Bonchev–Trinajstić information content (AvgIpc) is 2.36. The molecule has 0 heterocycles. The maximum absolute atomic E-state index is 10.7. The van der Waals surface area contributed by atoms with Crippen molar-refractivity contribution in [3.63, 3.8) is 0 Å². The molecule has 108 valence electrons. The van der Waals surface area contributed by atoms with Gasteiger partial charge in [-0.25, -0.2) is 0 Å². The van der Waals surface area contributed by atoms with Crippen molar-refractivity contribution in [1.82, 2.24) is 0 Å². The molecule has 19 heavy (non-hydrogen) atoms. The molecule has 0 bridgehead atoms. The van der Waals surface area contributed by atoms with Crippen molar-refractivity contribution in [2.24, 2.45) is 0 Å². The van der Waals surface area contributed by atoms with E-state index in [2.05, 4.69) is 4.18 Å². The molecule has 0 aliphatic heterocycles. The van der Waals surface area contributed by atoms with Crippen LogP contribution in [-0.4, -0.2) is 40.6 Å². The highest BCUT2D eigenvalue weighted by Crippen LogP contribution is 2.03. The molecule has 0 saturated heterocycles. The van der Waals surface area contributed by atoms with E-state index in [1.807, 2.05) is 37.3 Å². The van der Waals surface area contributed by atoms with Gasteiger partial charge in [-0.1, -0.05) is 30.3 Å². The minimum Gasteiger partial charge on any atom is -0.376 e. The summed E-state index contributed by atoms with van der Waals surface area (Å²) in [5.41, 5.74) is 1.11. The molecule has 0 aromatic heterocycles. The third-order valence-corrected chi connectivity index (χ3v) is 2.85. The Morgan fingerprint density at radius 1 is 1.16 bits per heavy atom. The summed E-state index contributed by atoms with van der Waals surface area (Å²) in [5, 5.41) is 0. The minimum absolute atomic E-state index is 0.0320. The minimum atomic E-state index is -3.38. The van der Waals surface area contributed by atoms with Crippen LogP contribution in [0.3, 0.4) is 0 Å². The van der Waals surface area contributed by atoms with Gasteiger partial charge in [-0.15, -0.1) is 0 Å². The van der Waals surface area contributed by atoms with Crippen LogP contribution in [0.5, 0.6) is 0 Å². The van der Waals surface area contributed by atoms with Gasteiger partial charge in [0.05, 0.1) is 38.8 Å². The maximum atomic E-state index is 10.7. The third kappa shape index (κ3) is 8.72. The standard InChI is InChI=1S/C13H20O5S/c1-12(10-16-8-9-18-19(2,14)15)17-11-13-6-4-3-5-7-13/h3-7,12H,8-11H2,1-2H3/t12-/m0/s1. The van der Waals surface area contributed by atoms with E-state index in [-0.39, 0.29) is 19.3 Å². The molecule has 1 aromatic carbocycles. The summed E-state index contributed by atoms with van der Waals surface area (Å²) in [6.45, 7) is 3.10. The van der Waals surface area contributed by atoms with Gasteiger partial charge in [0.25, 0.3) is 10.1 Å². The number of ether oxygens (including phenoxy) is 2. The lowest BCUT2D eigenvalue weighted by Gasteiger charge is -2.13. The van der Waals surface area contributed by atoms with Crippen molar-refractivity contribution < 1.29 is 22.1 Å². The second-order valence-electron chi connectivity index (χ2n) is 4.21. The van der Waals surface area contributed by atoms with Crippen LogP contribution in [0, 0.1) is 0 Å². The van der Waals surface area contributed by atoms with Crippen LogP contribution >= 0.6 is 0 Å². The molecule has 0 saturated carbocycles. The molecule has 0 aliphatic rings. The first kappa shape index (κ1) is 16.1. The molecule has 0 radical (unpaired) electrons. The first-order valence-corrected chi connectivity index (χ1v) is 7.86. The Kier molecular flexibility index (Phi) is 7.01. The molecule has 0 amide bonds. The average molecular weight is 288 g/mol. The fourth-order valence-corrected chi connectivity index (χ4v) is 1.73. The summed E-state index contributed by atoms with van der Waals surface area (Å²) >= 11 is 0. The van der Waals surface area contributed by atoms with Gasteiger partial charge in [0, 0.05) is 0 Å². The van der Waals surface area contributed by atoms with Gasteiger partial charge in [-0.2, -0.15) is 8.42 Å². The monoisotopic (exact) mass is 288 g/mol. The predicted molar refractivity (Wildman–Crippen MR) is 72.3 cm³/mol. The summed E-state index contributed by atoms with van der Waals surface area (Å²) in [4.78, 5) is 0. The quantitative estimate of drug-likeness (QED) is 0.510. The fraction of sp³-hybridized carbons (Fsp3) is 0.538. The molecule has 1 aromatic rings. The van der Waals surface area contributed by atoms with Crippen molar-refractivity contribution in [3.05, 3.63) is 35.9 Å². The van der Waals surface area contributed by atoms with E-state index in [4.69, 9.17) is 9.47 Å². The van der Waals surface area contributed by atoms with Crippen LogP contribution < -0.4 is 0 Å². The highest BCUT2D eigenvalue weighted by Gasteiger charge is 2.04. The number of hydrogen-bond donors (Lipinski definition) is 0. The van der Waals surface area contributed by atoms with Gasteiger partial charge in [0.1, 0.15) is 0 Å². The molecular weight excluding hydrogens is 268 g/mol. The van der Waals surface area contributed by atoms with Crippen LogP contribution in [0.2, 0.25) is 0 Å². The molecule has 0 fully saturated rings. The van der Waals surface area contributed by atoms with Crippen LogP contribution in [0.25, 0.3) is 0 Å². The van der Waals surface area contributed by atoms with Crippen molar-refractivity contribution in [1.29, 1.82) is 0 Å². The number of benzene rings is 1. The molecule has 0 N–H and O–H groups in total. The van der Waals surface area contributed by atoms with E-state index >= 15 is 0 Å². The Hall–Kier alpha value is -0.950. The normalized spacial score (nSPS) is 13.4. The first-order chi connectivity index (χ1) is 8.97. The van der Waals surface area contributed by atoms with E-state index in [0.717, 1.165) is 11.8 Å². The molecule has 0 aliphatic carbocycles. The van der Waals surface area contributed by atoms with Gasteiger partial charge in [-0.3, -0.25) is 4.18 Å². The van der Waals surface area contributed by atoms with Crippen LogP contribution in [-0.2, 0) is 30.4 Å². The summed E-state index contributed by atoms with van der Waals surface area (Å²) in [5.74, 6) is 0. The molecule has 6 heteroatoms. The Labute approximate surface area is 114 Å². The second kappa shape index (κ2) is 8.27. The van der Waals surface area contributed by atoms with E-state index < -0.39 is 10.1 Å². The molecule has 0 spiro atoms. The second-order valence-corrected chi connectivity index (χ2v) is 5.85. The topological polar surface area (TPSA) is 61.8 Å². The smallest absolute Gasteiger partial charge is 0.264 e. The highest BCUT2D eigenvalue weighted by molar-refractivity contribution is 7.85. The van der Waals surface area contributed by atoms with Crippen molar-refractivity contribution in [3.8, 4) is 0 Å². The lowest BCUT2D eigenvalue weighted by atomic mass is 10.2. The zero-order valence-electron chi connectivity index (χ0n) is 11.2. The Balaban J connectivity index is 2.07. The summed E-state index contributed by atoms with van der Waals surface area (Å²) < 4.78 is 36.8. The van der Waals surface area contributed by atoms with E-state index in [1.165, 1.54) is 0 Å². The fourth-order valence-electron chi connectivity index (χ4n) is 1.35. The predicted octanol–water partition coefficient (Wildman–Crippen LogP) is 1.58. The van der Waals surface area contributed by atoms with Crippen LogP contribution in [0.15, 0.2) is 30.3 Å². The lowest BCUT2D eigenvalue weighted by molar-refractivity contribution is -0.0198. The Morgan fingerprint density at radius 2 is 1.84 bits per heavy atom. The van der Waals surface area contributed by atoms with E-state index in [0.29, 0.717) is 13.2 Å². The zero-order valence-corrected chi connectivity index (χ0v) is 12.1. The Morgan fingerprint density at radius 3 is 2.47 bits per heavy atom. The number of hydrogen-bond acceptors (Lipinski definition) is 5. The summed E-state index contributed by atoms with van der Waals surface area (Å²) in [6.07, 6.45) is 0.955.